The van der Waals surface area contributed by atoms with E-state index >= 15 is 0 Å². The summed E-state index contributed by atoms with van der Waals surface area (Å²) in [6.07, 6.45) is 6.69. The molecule has 0 unspecified atom stereocenters. The minimum Gasteiger partial charge on any atom is -0.480 e. The molecule has 0 atom stereocenters. The van der Waals surface area contributed by atoms with Crippen LogP contribution in [0.1, 0.15) is 68.0 Å². The summed E-state index contributed by atoms with van der Waals surface area (Å²) in [7, 11) is -1.84. The molecule has 1 heterocycles. The molecule has 1 N–H and O–H groups in total. The monoisotopic (exact) mass is 569 g/mol. The van der Waals surface area contributed by atoms with Crippen molar-refractivity contribution in [3.63, 3.8) is 0 Å². The number of aromatic nitrogens is 1. The van der Waals surface area contributed by atoms with Crippen LogP contribution in [0, 0.1) is 5.92 Å². The van der Waals surface area contributed by atoms with Crippen molar-refractivity contribution >= 4 is 33.0 Å². The van der Waals surface area contributed by atoms with Gasteiger partial charge in [-0.15, -0.1) is 11.3 Å². The number of anilines is 1. The molecular formula is C30H39N3O4S2. The lowest BCUT2D eigenvalue weighted by Gasteiger charge is -2.23. The number of hydrogen-bond donors (Lipinski definition) is 1. The zero-order valence-corrected chi connectivity index (χ0v) is 24.7. The summed E-state index contributed by atoms with van der Waals surface area (Å²) in [5.74, 6) is -1.49. The standard InChI is InChI=1S/C30H39N3O4S2/c1-22(2)17-33(39(36,37)21-30(34)35)19-29-31-28(20-38-29)26-13-15-27(16-14-26)32(3)18-23-9-11-25(12-10-23)24-7-5-4-6-8-24/h9-16,20,22,24H,4-8,17-19,21H2,1-3H3,(H,34,35). The summed E-state index contributed by atoms with van der Waals surface area (Å²) in [5.41, 5.74) is 5.60. The van der Waals surface area contributed by atoms with Crippen LogP contribution in [0.4, 0.5) is 5.69 Å². The Labute approximate surface area is 236 Å². The van der Waals surface area contributed by atoms with E-state index in [4.69, 9.17) is 5.11 Å². The van der Waals surface area contributed by atoms with Gasteiger partial charge in [-0.1, -0.05) is 69.5 Å². The molecule has 1 aliphatic carbocycles. The number of carbonyl (C=O) groups is 1. The van der Waals surface area contributed by atoms with Gasteiger partial charge in [0.2, 0.25) is 10.0 Å². The number of carboxylic acids is 1. The number of nitrogens with zero attached hydrogens (tertiary/aromatic N) is 3. The molecule has 0 bridgehead atoms. The first kappa shape index (κ1) is 29.2. The smallest absolute Gasteiger partial charge is 0.320 e. The van der Waals surface area contributed by atoms with Crippen molar-refractivity contribution in [1.82, 2.24) is 9.29 Å². The van der Waals surface area contributed by atoms with Gasteiger partial charge in [-0.25, -0.2) is 13.4 Å². The minimum atomic E-state index is -3.92. The molecule has 9 heteroatoms. The zero-order chi connectivity index (χ0) is 28.0. The van der Waals surface area contributed by atoms with Crippen LogP contribution in [0.3, 0.4) is 0 Å². The van der Waals surface area contributed by atoms with E-state index in [0.717, 1.165) is 29.4 Å². The van der Waals surface area contributed by atoms with Crippen LogP contribution >= 0.6 is 11.3 Å². The summed E-state index contributed by atoms with van der Waals surface area (Å²) in [6.45, 7) is 4.94. The maximum Gasteiger partial charge on any atom is 0.320 e. The molecule has 1 saturated carbocycles. The van der Waals surface area contributed by atoms with Gasteiger partial charge in [0, 0.05) is 36.8 Å². The van der Waals surface area contributed by atoms with Gasteiger partial charge >= 0.3 is 5.97 Å². The molecule has 39 heavy (non-hydrogen) atoms. The normalized spacial score (nSPS) is 14.7. The van der Waals surface area contributed by atoms with Crippen molar-refractivity contribution < 1.29 is 18.3 Å². The van der Waals surface area contributed by atoms with Gasteiger partial charge in [0.15, 0.2) is 5.75 Å². The Hall–Kier alpha value is -2.75. The fraction of sp³-hybridized carbons (Fsp3) is 0.467. The Morgan fingerprint density at radius 3 is 2.31 bits per heavy atom. The van der Waals surface area contributed by atoms with Gasteiger partial charge in [-0.2, -0.15) is 4.31 Å². The van der Waals surface area contributed by atoms with E-state index in [1.807, 2.05) is 31.4 Å². The van der Waals surface area contributed by atoms with Crippen LogP contribution in [0.5, 0.6) is 0 Å². The first-order chi connectivity index (χ1) is 18.6. The average molecular weight is 570 g/mol. The van der Waals surface area contributed by atoms with Gasteiger partial charge in [0.05, 0.1) is 12.2 Å². The molecule has 2 aromatic carbocycles. The number of benzene rings is 2. The molecule has 1 aromatic heterocycles. The van der Waals surface area contributed by atoms with Crippen LogP contribution in [0.25, 0.3) is 11.3 Å². The van der Waals surface area contributed by atoms with Crippen LogP contribution in [-0.4, -0.2) is 48.1 Å². The molecule has 0 aliphatic heterocycles. The highest BCUT2D eigenvalue weighted by atomic mass is 32.2. The molecule has 1 fully saturated rings. The Bertz CT molecular complexity index is 1330. The lowest BCUT2D eigenvalue weighted by molar-refractivity contribution is -0.134. The number of aliphatic carboxylic acids is 1. The van der Waals surface area contributed by atoms with E-state index in [0.29, 0.717) is 5.01 Å². The Morgan fingerprint density at radius 1 is 1.03 bits per heavy atom. The molecule has 3 aromatic rings. The van der Waals surface area contributed by atoms with Crippen molar-refractivity contribution in [2.45, 2.75) is 65.0 Å². The molecule has 0 amide bonds. The highest BCUT2D eigenvalue weighted by Crippen LogP contribution is 2.33. The largest absolute Gasteiger partial charge is 0.480 e. The lowest BCUT2D eigenvalue weighted by atomic mass is 9.84. The summed E-state index contributed by atoms with van der Waals surface area (Å²) in [5, 5.41) is 11.6. The van der Waals surface area contributed by atoms with Crippen LogP contribution in [0.15, 0.2) is 53.9 Å². The van der Waals surface area contributed by atoms with Gasteiger partial charge in [0.1, 0.15) is 5.01 Å². The second-order valence-electron chi connectivity index (χ2n) is 10.9. The van der Waals surface area contributed by atoms with Crippen molar-refractivity contribution in [2.75, 3.05) is 24.2 Å². The van der Waals surface area contributed by atoms with Crippen molar-refractivity contribution in [2.24, 2.45) is 5.92 Å². The first-order valence-corrected chi connectivity index (χ1v) is 16.1. The summed E-state index contributed by atoms with van der Waals surface area (Å²) >= 11 is 1.38. The van der Waals surface area contributed by atoms with Gasteiger partial charge in [-0.3, -0.25) is 4.79 Å². The second-order valence-corrected chi connectivity index (χ2v) is 13.9. The third kappa shape index (κ3) is 8.13. The molecular weight excluding hydrogens is 530 g/mol. The predicted octanol–water partition coefficient (Wildman–Crippen LogP) is 6.37. The highest BCUT2D eigenvalue weighted by molar-refractivity contribution is 7.89. The average Bonchev–Trinajstić information content (AvgIpc) is 3.37. The van der Waals surface area contributed by atoms with Gasteiger partial charge in [-0.05, 0) is 47.9 Å². The lowest BCUT2D eigenvalue weighted by Crippen LogP contribution is -2.37. The molecule has 7 nitrogen and oxygen atoms in total. The third-order valence-corrected chi connectivity index (χ3v) is 9.72. The molecule has 1 aliphatic rings. The maximum absolute atomic E-state index is 12.6. The molecule has 4 rings (SSSR count). The van der Waals surface area contributed by atoms with E-state index in [2.05, 4.69) is 53.3 Å². The quantitative estimate of drug-likeness (QED) is 0.273. The fourth-order valence-electron chi connectivity index (χ4n) is 5.18. The van der Waals surface area contributed by atoms with E-state index in [1.54, 1.807) is 0 Å². The molecule has 0 saturated heterocycles. The van der Waals surface area contributed by atoms with Crippen molar-refractivity contribution in [3.05, 3.63) is 70.0 Å². The number of thiazole rings is 1. The third-order valence-electron chi connectivity index (χ3n) is 7.21. The number of sulfonamides is 1. The number of carboxylic acid groups (broad SMARTS) is 1. The van der Waals surface area contributed by atoms with Gasteiger partial charge in [0.25, 0.3) is 0 Å². The highest BCUT2D eigenvalue weighted by Gasteiger charge is 2.27. The van der Waals surface area contributed by atoms with Crippen molar-refractivity contribution in [3.8, 4) is 11.3 Å². The first-order valence-electron chi connectivity index (χ1n) is 13.6. The van der Waals surface area contributed by atoms with Gasteiger partial charge < -0.3 is 10.0 Å². The van der Waals surface area contributed by atoms with E-state index in [1.165, 1.54) is 58.9 Å². The van der Waals surface area contributed by atoms with Crippen LogP contribution < -0.4 is 4.90 Å². The molecule has 0 radical (unpaired) electrons. The SMILES string of the molecule is CC(C)CN(Cc1nc(-c2ccc(N(C)Cc3ccc(C4CCCCC4)cc3)cc2)cs1)S(=O)(=O)CC(=O)O. The Kier molecular flexibility index (Phi) is 9.80. The predicted molar refractivity (Wildman–Crippen MR) is 159 cm³/mol. The Morgan fingerprint density at radius 2 is 1.69 bits per heavy atom. The Balaban J connectivity index is 1.39. The van der Waals surface area contributed by atoms with Crippen molar-refractivity contribution in [1.29, 1.82) is 0 Å². The fourth-order valence-corrected chi connectivity index (χ4v) is 7.42. The summed E-state index contributed by atoms with van der Waals surface area (Å²) in [6, 6.07) is 17.3. The van der Waals surface area contributed by atoms with E-state index in [-0.39, 0.29) is 19.0 Å². The number of rotatable bonds is 12. The summed E-state index contributed by atoms with van der Waals surface area (Å²) < 4.78 is 26.4. The zero-order valence-electron chi connectivity index (χ0n) is 23.0. The van der Waals surface area contributed by atoms with Crippen LogP contribution in [0.2, 0.25) is 0 Å². The molecule has 0 spiro atoms. The number of hydrogen-bond acceptors (Lipinski definition) is 6. The van der Waals surface area contributed by atoms with E-state index in [9.17, 15) is 13.2 Å². The maximum atomic E-state index is 12.6. The second kappa shape index (κ2) is 13.1. The molecule has 210 valence electrons. The minimum absolute atomic E-state index is 0.0624. The summed E-state index contributed by atoms with van der Waals surface area (Å²) in [4.78, 5) is 18.0. The topological polar surface area (TPSA) is 90.8 Å². The van der Waals surface area contributed by atoms with E-state index < -0.39 is 21.7 Å². The van der Waals surface area contributed by atoms with Crippen LogP contribution in [-0.2, 0) is 27.9 Å².